The van der Waals surface area contributed by atoms with Crippen LogP contribution < -0.4 is 10.6 Å². The summed E-state index contributed by atoms with van der Waals surface area (Å²) in [7, 11) is 1.97. The lowest BCUT2D eigenvalue weighted by atomic mass is 10.3. The summed E-state index contributed by atoms with van der Waals surface area (Å²) in [6, 6.07) is 2.18. The molecule has 2 N–H and O–H groups in total. The summed E-state index contributed by atoms with van der Waals surface area (Å²) in [6.07, 6.45) is 1.12. The van der Waals surface area contributed by atoms with E-state index in [0.29, 0.717) is 0 Å². The number of thiophene rings is 1. The molecule has 0 unspecified atom stereocenters. The Labute approximate surface area is 91.9 Å². The number of rotatable bonds is 6. The standard InChI is InChI=1S/C9H15BrN2S/c1-11-4-5-12-3-2-9-6-8(10)7-13-9/h6-7,11-12H,2-5H2,1H3. The van der Waals surface area contributed by atoms with Gasteiger partial charge in [-0.05, 0) is 35.5 Å². The molecule has 4 heteroatoms. The minimum atomic E-state index is 1.04. The van der Waals surface area contributed by atoms with Crippen LogP contribution in [0.4, 0.5) is 0 Å². The smallest absolute Gasteiger partial charge is 0.0285 e. The average molecular weight is 263 g/mol. The highest BCUT2D eigenvalue weighted by Crippen LogP contribution is 2.19. The quantitative estimate of drug-likeness (QED) is 0.765. The number of hydrogen-bond acceptors (Lipinski definition) is 3. The minimum Gasteiger partial charge on any atom is -0.318 e. The van der Waals surface area contributed by atoms with Gasteiger partial charge in [0.05, 0.1) is 0 Å². The SMILES string of the molecule is CNCCNCCc1cc(Br)cs1. The van der Waals surface area contributed by atoms with Crippen molar-refractivity contribution in [2.24, 2.45) is 0 Å². The monoisotopic (exact) mass is 262 g/mol. The van der Waals surface area contributed by atoms with E-state index in [1.54, 1.807) is 0 Å². The summed E-state index contributed by atoms with van der Waals surface area (Å²) in [4.78, 5) is 1.43. The normalized spacial score (nSPS) is 10.6. The lowest BCUT2D eigenvalue weighted by Crippen LogP contribution is -2.26. The van der Waals surface area contributed by atoms with Crippen LogP contribution >= 0.6 is 27.3 Å². The Balaban J connectivity index is 2.06. The molecule has 0 radical (unpaired) electrons. The third-order valence-electron chi connectivity index (χ3n) is 1.72. The van der Waals surface area contributed by atoms with Gasteiger partial charge in [0.2, 0.25) is 0 Å². The topological polar surface area (TPSA) is 24.1 Å². The van der Waals surface area contributed by atoms with Crippen molar-refractivity contribution in [3.63, 3.8) is 0 Å². The summed E-state index contributed by atoms with van der Waals surface area (Å²) in [6.45, 7) is 3.14. The first-order valence-corrected chi connectivity index (χ1v) is 6.08. The molecule has 2 nitrogen and oxygen atoms in total. The van der Waals surface area contributed by atoms with Crippen LogP contribution in [0.5, 0.6) is 0 Å². The van der Waals surface area contributed by atoms with Gasteiger partial charge in [-0.1, -0.05) is 0 Å². The molecule has 0 saturated carbocycles. The Morgan fingerprint density at radius 2 is 2.23 bits per heavy atom. The van der Waals surface area contributed by atoms with E-state index in [0.717, 1.165) is 26.1 Å². The Hall–Kier alpha value is 0.1000. The fraction of sp³-hybridized carbons (Fsp3) is 0.556. The van der Waals surface area contributed by atoms with E-state index in [1.807, 2.05) is 18.4 Å². The zero-order valence-corrected chi connectivity index (χ0v) is 10.2. The summed E-state index contributed by atoms with van der Waals surface area (Å²) < 4.78 is 1.20. The molecule has 0 amide bonds. The fourth-order valence-corrected chi connectivity index (χ4v) is 2.49. The maximum absolute atomic E-state index is 3.45. The number of likely N-dealkylation sites (N-methyl/N-ethyl adjacent to an activating group) is 1. The average Bonchev–Trinajstić information content (AvgIpc) is 2.51. The number of halogens is 1. The largest absolute Gasteiger partial charge is 0.318 e. The highest BCUT2D eigenvalue weighted by Gasteiger charge is 1.96. The summed E-state index contributed by atoms with van der Waals surface area (Å²) in [5.74, 6) is 0. The van der Waals surface area contributed by atoms with Crippen LogP contribution in [0.2, 0.25) is 0 Å². The molecule has 0 aliphatic carbocycles. The lowest BCUT2D eigenvalue weighted by molar-refractivity contribution is 0.651. The molecule has 74 valence electrons. The van der Waals surface area contributed by atoms with E-state index in [9.17, 15) is 0 Å². The van der Waals surface area contributed by atoms with Gasteiger partial charge in [-0.25, -0.2) is 0 Å². The van der Waals surface area contributed by atoms with Gasteiger partial charge in [-0.3, -0.25) is 0 Å². The molecule has 0 aliphatic heterocycles. The maximum atomic E-state index is 3.45. The summed E-state index contributed by atoms with van der Waals surface area (Å²) in [5, 5.41) is 8.60. The summed E-state index contributed by atoms with van der Waals surface area (Å²) >= 11 is 5.26. The van der Waals surface area contributed by atoms with Gasteiger partial charge in [-0.2, -0.15) is 0 Å². The molecule has 0 fully saturated rings. The Kier molecular flexibility index (Phi) is 5.62. The van der Waals surface area contributed by atoms with E-state index in [1.165, 1.54) is 9.35 Å². The molecule has 0 aromatic carbocycles. The lowest BCUT2D eigenvalue weighted by Gasteiger charge is -2.01. The van der Waals surface area contributed by atoms with Crippen molar-refractivity contribution in [2.75, 3.05) is 26.7 Å². The predicted octanol–water partition coefficient (Wildman–Crippen LogP) is 1.86. The number of nitrogens with one attached hydrogen (secondary N) is 2. The van der Waals surface area contributed by atoms with Crippen molar-refractivity contribution in [3.05, 3.63) is 20.8 Å². The second-order valence-corrected chi connectivity index (χ2v) is 4.75. The molecule has 0 aliphatic rings. The van der Waals surface area contributed by atoms with Gasteiger partial charge in [-0.15, -0.1) is 11.3 Å². The van der Waals surface area contributed by atoms with Crippen LogP contribution in [-0.2, 0) is 6.42 Å². The van der Waals surface area contributed by atoms with Gasteiger partial charge in [0, 0.05) is 34.4 Å². The van der Waals surface area contributed by atoms with Crippen molar-refractivity contribution < 1.29 is 0 Å². The van der Waals surface area contributed by atoms with Crippen LogP contribution in [-0.4, -0.2) is 26.7 Å². The molecule has 13 heavy (non-hydrogen) atoms. The van der Waals surface area contributed by atoms with E-state index < -0.39 is 0 Å². The summed E-state index contributed by atoms with van der Waals surface area (Å²) in [5.41, 5.74) is 0. The Morgan fingerprint density at radius 3 is 2.85 bits per heavy atom. The van der Waals surface area contributed by atoms with Crippen LogP contribution in [0.25, 0.3) is 0 Å². The van der Waals surface area contributed by atoms with Crippen LogP contribution in [0.3, 0.4) is 0 Å². The van der Waals surface area contributed by atoms with Crippen molar-refractivity contribution in [1.29, 1.82) is 0 Å². The molecule has 1 heterocycles. The molecule has 0 spiro atoms. The van der Waals surface area contributed by atoms with E-state index in [4.69, 9.17) is 0 Å². The molecule has 0 saturated heterocycles. The molecular weight excluding hydrogens is 248 g/mol. The second kappa shape index (κ2) is 6.54. The number of hydrogen-bond donors (Lipinski definition) is 2. The van der Waals surface area contributed by atoms with Gasteiger partial charge < -0.3 is 10.6 Å². The van der Waals surface area contributed by atoms with Gasteiger partial charge >= 0.3 is 0 Å². The van der Waals surface area contributed by atoms with Crippen molar-refractivity contribution in [2.45, 2.75) is 6.42 Å². The van der Waals surface area contributed by atoms with Crippen molar-refractivity contribution >= 4 is 27.3 Å². The van der Waals surface area contributed by atoms with E-state index in [-0.39, 0.29) is 0 Å². The molecule has 1 aromatic rings. The molecule has 1 aromatic heterocycles. The molecule has 0 atom stereocenters. The third-order valence-corrected chi connectivity index (χ3v) is 3.48. The van der Waals surface area contributed by atoms with Gasteiger partial charge in [0.25, 0.3) is 0 Å². The maximum Gasteiger partial charge on any atom is 0.0285 e. The second-order valence-electron chi connectivity index (χ2n) is 2.83. The zero-order chi connectivity index (χ0) is 9.52. The van der Waals surface area contributed by atoms with Gasteiger partial charge in [0.15, 0.2) is 0 Å². The van der Waals surface area contributed by atoms with Crippen molar-refractivity contribution in [3.8, 4) is 0 Å². The minimum absolute atomic E-state index is 1.04. The predicted molar refractivity (Wildman–Crippen MR) is 62.5 cm³/mol. The van der Waals surface area contributed by atoms with E-state index >= 15 is 0 Å². The van der Waals surface area contributed by atoms with Crippen LogP contribution in [0, 0.1) is 0 Å². The first-order chi connectivity index (χ1) is 6.33. The highest BCUT2D eigenvalue weighted by atomic mass is 79.9. The van der Waals surface area contributed by atoms with Crippen molar-refractivity contribution in [1.82, 2.24) is 10.6 Å². The van der Waals surface area contributed by atoms with Crippen LogP contribution in [0.1, 0.15) is 4.88 Å². The third kappa shape index (κ3) is 4.76. The van der Waals surface area contributed by atoms with Crippen LogP contribution in [0.15, 0.2) is 15.9 Å². The fourth-order valence-electron chi connectivity index (χ4n) is 1.03. The Morgan fingerprint density at radius 1 is 1.38 bits per heavy atom. The Bertz CT molecular complexity index is 237. The molecule has 1 rings (SSSR count). The zero-order valence-electron chi connectivity index (χ0n) is 7.77. The molecular formula is C9H15BrN2S. The molecule has 0 bridgehead atoms. The highest BCUT2D eigenvalue weighted by molar-refractivity contribution is 9.10. The first-order valence-electron chi connectivity index (χ1n) is 4.41. The van der Waals surface area contributed by atoms with Gasteiger partial charge in [0.1, 0.15) is 0 Å². The first kappa shape index (κ1) is 11.2. The van der Waals surface area contributed by atoms with E-state index in [2.05, 4.69) is 38.0 Å².